The highest BCUT2D eigenvalue weighted by molar-refractivity contribution is 6.30. The van der Waals surface area contributed by atoms with Crippen molar-refractivity contribution in [3.05, 3.63) is 47.0 Å². The van der Waals surface area contributed by atoms with Gasteiger partial charge in [0.2, 0.25) is 0 Å². The molecule has 102 valence electrons. The second kappa shape index (κ2) is 6.08. The molecule has 2 rings (SSSR count). The van der Waals surface area contributed by atoms with Crippen molar-refractivity contribution in [1.82, 2.24) is 9.55 Å². The summed E-state index contributed by atoms with van der Waals surface area (Å²) in [7, 11) is 1.97. The first-order chi connectivity index (χ1) is 9.08. The number of hydrogen-bond donors (Lipinski definition) is 1. The molecule has 0 amide bonds. The van der Waals surface area contributed by atoms with E-state index in [9.17, 15) is 0 Å². The summed E-state index contributed by atoms with van der Waals surface area (Å²) in [4.78, 5) is 4.26. The summed E-state index contributed by atoms with van der Waals surface area (Å²) >= 11 is 5.97. The van der Waals surface area contributed by atoms with Crippen molar-refractivity contribution in [3.63, 3.8) is 0 Å². The molecule has 2 N–H and O–H groups in total. The molecule has 0 aliphatic carbocycles. The number of rotatable bonds is 5. The Morgan fingerprint density at radius 1 is 1.47 bits per heavy atom. The molecule has 1 heterocycles. The molecule has 5 heteroatoms. The van der Waals surface area contributed by atoms with E-state index >= 15 is 0 Å². The van der Waals surface area contributed by atoms with E-state index in [2.05, 4.69) is 4.98 Å². The second-order valence-electron chi connectivity index (χ2n) is 4.52. The third-order valence-corrected chi connectivity index (χ3v) is 3.20. The van der Waals surface area contributed by atoms with E-state index in [0.717, 1.165) is 23.6 Å². The van der Waals surface area contributed by atoms with Crippen molar-refractivity contribution in [2.24, 2.45) is 12.8 Å². The van der Waals surface area contributed by atoms with E-state index in [-0.39, 0.29) is 6.04 Å². The van der Waals surface area contributed by atoms with Crippen LogP contribution in [0.25, 0.3) is 0 Å². The van der Waals surface area contributed by atoms with Crippen LogP contribution >= 0.6 is 11.6 Å². The number of nitrogens with two attached hydrogens (primary N) is 1. The summed E-state index contributed by atoms with van der Waals surface area (Å²) < 4.78 is 7.77. The lowest BCUT2D eigenvalue weighted by Crippen LogP contribution is -2.11. The maximum Gasteiger partial charge on any atom is 0.124 e. The van der Waals surface area contributed by atoms with E-state index in [0.29, 0.717) is 11.6 Å². The van der Waals surface area contributed by atoms with E-state index in [1.165, 1.54) is 0 Å². The van der Waals surface area contributed by atoms with Crippen LogP contribution in [0, 0.1) is 0 Å². The van der Waals surface area contributed by atoms with Gasteiger partial charge in [0.1, 0.15) is 11.6 Å². The lowest BCUT2D eigenvalue weighted by atomic mass is 10.1. The van der Waals surface area contributed by atoms with Gasteiger partial charge in [-0.3, -0.25) is 0 Å². The number of ether oxygens (including phenoxy) is 1. The molecule has 0 fully saturated rings. The zero-order chi connectivity index (χ0) is 13.8. The molecule has 0 spiro atoms. The van der Waals surface area contributed by atoms with Crippen LogP contribution in [-0.4, -0.2) is 16.2 Å². The fourth-order valence-corrected chi connectivity index (χ4v) is 2.08. The van der Waals surface area contributed by atoms with Crippen molar-refractivity contribution < 1.29 is 4.74 Å². The maximum atomic E-state index is 5.97. The van der Waals surface area contributed by atoms with Gasteiger partial charge in [0, 0.05) is 42.5 Å². The van der Waals surface area contributed by atoms with E-state index < -0.39 is 0 Å². The number of halogens is 1. The summed E-state index contributed by atoms with van der Waals surface area (Å²) in [5, 5.41) is 0.670. The predicted octanol–water partition coefficient (Wildman–Crippen LogP) is 2.71. The van der Waals surface area contributed by atoms with Crippen LogP contribution < -0.4 is 10.5 Å². The fraction of sp³-hybridized carbons (Fsp3) is 0.357. The zero-order valence-electron chi connectivity index (χ0n) is 11.1. The van der Waals surface area contributed by atoms with Crippen LogP contribution in [0.1, 0.15) is 24.4 Å². The number of aromatic nitrogens is 2. The topological polar surface area (TPSA) is 53.1 Å². The highest BCUT2D eigenvalue weighted by Gasteiger charge is 2.09. The quantitative estimate of drug-likeness (QED) is 0.916. The molecule has 1 aromatic heterocycles. The van der Waals surface area contributed by atoms with Gasteiger partial charge >= 0.3 is 0 Å². The Kier molecular flexibility index (Phi) is 4.45. The van der Waals surface area contributed by atoms with Crippen LogP contribution in [0.2, 0.25) is 5.02 Å². The van der Waals surface area contributed by atoms with Crippen molar-refractivity contribution in [1.29, 1.82) is 0 Å². The van der Waals surface area contributed by atoms with Crippen LogP contribution in [0.4, 0.5) is 0 Å². The number of aryl methyl sites for hydroxylation is 1. The Hall–Kier alpha value is -1.52. The Labute approximate surface area is 118 Å². The van der Waals surface area contributed by atoms with Gasteiger partial charge in [0.25, 0.3) is 0 Å². The molecule has 0 radical (unpaired) electrons. The van der Waals surface area contributed by atoms with Gasteiger partial charge in [-0.2, -0.15) is 0 Å². The zero-order valence-corrected chi connectivity index (χ0v) is 11.9. The van der Waals surface area contributed by atoms with Gasteiger partial charge in [-0.1, -0.05) is 11.6 Å². The third-order valence-electron chi connectivity index (χ3n) is 2.97. The molecule has 0 saturated heterocycles. The summed E-state index contributed by atoms with van der Waals surface area (Å²) in [6.45, 7) is 2.48. The molecule has 1 atom stereocenters. The van der Waals surface area contributed by atoms with E-state index in [4.69, 9.17) is 22.1 Å². The summed E-state index contributed by atoms with van der Waals surface area (Å²) in [5.41, 5.74) is 6.84. The molecule has 0 bridgehead atoms. The standard InChI is InChI=1S/C14H18ClN3O/c1-10(16)12-9-11(15)3-4-13(12)19-8-5-14-17-6-7-18(14)2/h3-4,6-7,9-10H,5,8,16H2,1-2H3/t10-/m0/s1. The number of benzene rings is 1. The average molecular weight is 280 g/mol. The first-order valence-electron chi connectivity index (χ1n) is 6.22. The SMILES string of the molecule is C[C@H](N)c1cc(Cl)ccc1OCCc1nccn1C. The minimum atomic E-state index is -0.109. The number of hydrogen-bond acceptors (Lipinski definition) is 3. The minimum Gasteiger partial charge on any atom is -0.493 e. The van der Waals surface area contributed by atoms with Crippen molar-refractivity contribution in [3.8, 4) is 5.75 Å². The highest BCUT2D eigenvalue weighted by atomic mass is 35.5. The van der Waals surface area contributed by atoms with Crippen LogP contribution in [-0.2, 0) is 13.5 Å². The van der Waals surface area contributed by atoms with Crippen molar-refractivity contribution in [2.45, 2.75) is 19.4 Å². The monoisotopic (exact) mass is 279 g/mol. The van der Waals surface area contributed by atoms with Gasteiger partial charge in [0.15, 0.2) is 0 Å². The predicted molar refractivity (Wildman–Crippen MR) is 76.5 cm³/mol. The Morgan fingerprint density at radius 3 is 2.89 bits per heavy atom. The fourth-order valence-electron chi connectivity index (χ4n) is 1.90. The molecular weight excluding hydrogens is 262 g/mol. The van der Waals surface area contributed by atoms with Crippen LogP contribution in [0.3, 0.4) is 0 Å². The van der Waals surface area contributed by atoms with Gasteiger partial charge in [-0.15, -0.1) is 0 Å². The van der Waals surface area contributed by atoms with Crippen LogP contribution in [0.15, 0.2) is 30.6 Å². The third kappa shape index (κ3) is 3.49. The molecular formula is C14H18ClN3O. The maximum absolute atomic E-state index is 5.97. The smallest absolute Gasteiger partial charge is 0.124 e. The molecule has 0 aliphatic heterocycles. The molecule has 4 nitrogen and oxygen atoms in total. The normalized spacial score (nSPS) is 12.4. The Balaban J connectivity index is 2.01. The van der Waals surface area contributed by atoms with Gasteiger partial charge in [0.05, 0.1) is 6.61 Å². The molecule has 0 unspecified atom stereocenters. The average Bonchev–Trinajstić information content (AvgIpc) is 2.77. The minimum absolute atomic E-state index is 0.109. The second-order valence-corrected chi connectivity index (χ2v) is 4.96. The Morgan fingerprint density at radius 2 is 2.26 bits per heavy atom. The molecule has 2 aromatic rings. The highest BCUT2D eigenvalue weighted by Crippen LogP contribution is 2.27. The van der Waals surface area contributed by atoms with Gasteiger partial charge in [-0.05, 0) is 25.1 Å². The summed E-state index contributed by atoms with van der Waals surface area (Å²) in [6, 6.07) is 5.41. The van der Waals surface area contributed by atoms with Crippen molar-refractivity contribution >= 4 is 11.6 Å². The van der Waals surface area contributed by atoms with E-state index in [1.54, 1.807) is 6.20 Å². The van der Waals surface area contributed by atoms with E-state index in [1.807, 2.05) is 42.9 Å². The first kappa shape index (κ1) is 13.9. The lowest BCUT2D eigenvalue weighted by Gasteiger charge is -2.14. The van der Waals surface area contributed by atoms with Gasteiger partial charge in [-0.25, -0.2) is 4.98 Å². The lowest BCUT2D eigenvalue weighted by molar-refractivity contribution is 0.313. The summed E-state index contributed by atoms with van der Waals surface area (Å²) in [6.07, 6.45) is 4.46. The van der Waals surface area contributed by atoms with Crippen LogP contribution in [0.5, 0.6) is 5.75 Å². The molecule has 19 heavy (non-hydrogen) atoms. The number of imidazole rings is 1. The molecule has 0 aliphatic rings. The number of nitrogens with zero attached hydrogens (tertiary/aromatic N) is 2. The Bertz CT molecular complexity index is 551. The molecule has 0 saturated carbocycles. The first-order valence-corrected chi connectivity index (χ1v) is 6.59. The largest absolute Gasteiger partial charge is 0.493 e. The van der Waals surface area contributed by atoms with Gasteiger partial charge < -0.3 is 15.0 Å². The van der Waals surface area contributed by atoms with Crippen molar-refractivity contribution in [2.75, 3.05) is 6.61 Å². The summed E-state index contributed by atoms with van der Waals surface area (Å²) in [5.74, 6) is 1.78. The molecule has 1 aromatic carbocycles.